The lowest BCUT2D eigenvalue weighted by Gasteiger charge is -2.16. The Labute approximate surface area is 143 Å². The summed E-state index contributed by atoms with van der Waals surface area (Å²) in [5.74, 6) is 1.44. The van der Waals surface area contributed by atoms with Crippen LogP contribution in [0.3, 0.4) is 0 Å². The monoisotopic (exact) mass is 343 g/mol. The zero-order valence-corrected chi connectivity index (χ0v) is 13.9. The van der Waals surface area contributed by atoms with Gasteiger partial charge in [0.05, 0.1) is 5.75 Å². The number of benzene rings is 1. The van der Waals surface area contributed by atoms with Crippen molar-refractivity contribution in [2.45, 2.75) is 36.8 Å². The Balaban J connectivity index is 1.41. The number of anilines is 1. The number of ketones is 1. The van der Waals surface area contributed by atoms with E-state index in [9.17, 15) is 9.59 Å². The Hall–Kier alpha value is -2.15. The van der Waals surface area contributed by atoms with E-state index in [1.165, 1.54) is 11.8 Å². The molecule has 1 saturated carbocycles. The average Bonchev–Trinajstić information content (AvgIpc) is 3.19. The summed E-state index contributed by atoms with van der Waals surface area (Å²) in [7, 11) is 0. The molecule has 2 heterocycles. The molecular formula is C17H17N3O3S. The van der Waals surface area contributed by atoms with E-state index < -0.39 is 0 Å². The molecule has 0 bridgehead atoms. The normalized spacial score (nSPS) is 17.5. The Morgan fingerprint density at radius 2 is 2.21 bits per heavy atom. The van der Waals surface area contributed by atoms with Crippen LogP contribution in [0.4, 0.5) is 5.69 Å². The first-order chi connectivity index (χ1) is 11.7. The molecule has 2 aliphatic rings. The SMILES string of the molecule is O=C(CSc1nnc(C2CC2)o1)c1cccc(N2CCCC2=O)c1. The zero-order chi connectivity index (χ0) is 16.5. The molecule has 24 heavy (non-hydrogen) atoms. The summed E-state index contributed by atoms with van der Waals surface area (Å²) in [5.41, 5.74) is 1.39. The lowest BCUT2D eigenvalue weighted by atomic mass is 10.1. The second-order valence-electron chi connectivity index (χ2n) is 6.09. The van der Waals surface area contributed by atoms with Crippen molar-refractivity contribution in [2.24, 2.45) is 0 Å². The molecule has 2 fully saturated rings. The van der Waals surface area contributed by atoms with Crippen LogP contribution in [0.5, 0.6) is 0 Å². The molecule has 1 saturated heterocycles. The quantitative estimate of drug-likeness (QED) is 0.593. The molecular weight excluding hydrogens is 326 g/mol. The van der Waals surface area contributed by atoms with Gasteiger partial charge in [-0.1, -0.05) is 23.9 Å². The molecule has 1 aromatic carbocycles. The standard InChI is InChI=1S/C17H17N3O3S/c21-14(10-24-17-19-18-16(23-17)11-6-7-11)12-3-1-4-13(9-12)20-8-2-5-15(20)22/h1,3-4,9,11H,2,5-8,10H2. The maximum Gasteiger partial charge on any atom is 0.277 e. The van der Waals surface area contributed by atoms with Crippen molar-refractivity contribution in [2.75, 3.05) is 17.2 Å². The number of rotatable bonds is 6. The number of aromatic nitrogens is 2. The Bertz CT molecular complexity index is 785. The molecule has 2 aromatic rings. The van der Waals surface area contributed by atoms with Gasteiger partial charge in [-0.25, -0.2) is 0 Å². The average molecular weight is 343 g/mol. The summed E-state index contributed by atoms with van der Waals surface area (Å²) < 4.78 is 5.55. The molecule has 4 rings (SSSR count). The fraction of sp³-hybridized carbons (Fsp3) is 0.412. The van der Waals surface area contributed by atoms with Gasteiger partial charge in [0.25, 0.3) is 5.22 Å². The minimum Gasteiger partial charge on any atom is -0.416 e. The van der Waals surface area contributed by atoms with Crippen LogP contribution in [0, 0.1) is 0 Å². The number of nitrogens with zero attached hydrogens (tertiary/aromatic N) is 3. The van der Waals surface area contributed by atoms with Crippen LogP contribution in [-0.2, 0) is 4.79 Å². The Morgan fingerprint density at radius 3 is 2.96 bits per heavy atom. The van der Waals surface area contributed by atoms with Crippen molar-refractivity contribution in [1.29, 1.82) is 0 Å². The second kappa shape index (κ2) is 6.39. The molecule has 124 valence electrons. The van der Waals surface area contributed by atoms with Gasteiger partial charge in [0.15, 0.2) is 5.78 Å². The predicted octanol–water partition coefficient (Wildman–Crippen LogP) is 3.05. The maximum absolute atomic E-state index is 12.4. The highest BCUT2D eigenvalue weighted by Crippen LogP contribution is 2.39. The number of amides is 1. The highest BCUT2D eigenvalue weighted by molar-refractivity contribution is 7.99. The van der Waals surface area contributed by atoms with E-state index >= 15 is 0 Å². The van der Waals surface area contributed by atoms with E-state index in [4.69, 9.17) is 4.42 Å². The van der Waals surface area contributed by atoms with Gasteiger partial charge in [-0.05, 0) is 31.4 Å². The van der Waals surface area contributed by atoms with Gasteiger partial charge in [0.2, 0.25) is 11.8 Å². The molecule has 0 unspecified atom stereocenters. The van der Waals surface area contributed by atoms with Crippen molar-refractivity contribution in [3.8, 4) is 0 Å². The van der Waals surface area contributed by atoms with Crippen LogP contribution in [0.25, 0.3) is 0 Å². The van der Waals surface area contributed by atoms with Crippen LogP contribution in [0.15, 0.2) is 33.9 Å². The van der Waals surface area contributed by atoms with E-state index in [0.29, 0.717) is 29.0 Å². The third kappa shape index (κ3) is 3.21. The summed E-state index contributed by atoms with van der Waals surface area (Å²) in [6.07, 6.45) is 3.66. The van der Waals surface area contributed by atoms with Crippen molar-refractivity contribution < 1.29 is 14.0 Å². The molecule has 0 radical (unpaired) electrons. The van der Waals surface area contributed by atoms with Crippen LogP contribution < -0.4 is 4.90 Å². The van der Waals surface area contributed by atoms with Gasteiger partial charge < -0.3 is 9.32 Å². The minimum absolute atomic E-state index is 0.0142. The molecule has 7 heteroatoms. The second-order valence-corrected chi connectivity index (χ2v) is 7.02. The largest absolute Gasteiger partial charge is 0.416 e. The highest BCUT2D eigenvalue weighted by atomic mass is 32.2. The first kappa shape index (κ1) is 15.4. The van der Waals surface area contributed by atoms with Crippen LogP contribution in [0.1, 0.15) is 47.8 Å². The van der Waals surface area contributed by atoms with E-state index in [2.05, 4.69) is 10.2 Å². The third-order valence-corrected chi connectivity index (χ3v) is 5.05. The molecule has 1 amide bonds. The van der Waals surface area contributed by atoms with Gasteiger partial charge in [-0.15, -0.1) is 10.2 Å². The lowest BCUT2D eigenvalue weighted by Crippen LogP contribution is -2.23. The number of hydrogen-bond donors (Lipinski definition) is 0. The van der Waals surface area contributed by atoms with Crippen LogP contribution >= 0.6 is 11.8 Å². The number of thioether (sulfide) groups is 1. The van der Waals surface area contributed by atoms with Crippen molar-refractivity contribution >= 4 is 29.1 Å². The highest BCUT2D eigenvalue weighted by Gasteiger charge is 2.29. The van der Waals surface area contributed by atoms with E-state index in [0.717, 1.165) is 31.5 Å². The number of Topliss-reactive ketones (excluding diaryl/α,β-unsaturated/α-hetero) is 1. The summed E-state index contributed by atoms with van der Waals surface area (Å²) >= 11 is 1.26. The fourth-order valence-corrected chi connectivity index (χ4v) is 3.42. The molecule has 1 aromatic heterocycles. The van der Waals surface area contributed by atoms with Crippen LogP contribution in [0.2, 0.25) is 0 Å². The summed E-state index contributed by atoms with van der Waals surface area (Å²) in [6, 6.07) is 7.25. The summed E-state index contributed by atoms with van der Waals surface area (Å²) in [4.78, 5) is 26.0. The van der Waals surface area contributed by atoms with Crippen LogP contribution in [-0.4, -0.2) is 34.2 Å². The van der Waals surface area contributed by atoms with Gasteiger partial charge in [0, 0.05) is 30.1 Å². The van der Waals surface area contributed by atoms with Gasteiger partial charge in [-0.3, -0.25) is 9.59 Å². The summed E-state index contributed by atoms with van der Waals surface area (Å²) in [5, 5.41) is 8.43. The number of hydrogen-bond acceptors (Lipinski definition) is 6. The van der Waals surface area contributed by atoms with E-state index in [1.807, 2.05) is 12.1 Å². The fourth-order valence-electron chi connectivity index (χ4n) is 2.75. The molecule has 1 aliphatic heterocycles. The Kier molecular flexibility index (Phi) is 4.10. The van der Waals surface area contributed by atoms with Crippen molar-refractivity contribution in [3.63, 3.8) is 0 Å². The van der Waals surface area contributed by atoms with E-state index in [-0.39, 0.29) is 17.4 Å². The van der Waals surface area contributed by atoms with E-state index in [1.54, 1.807) is 17.0 Å². The number of carbonyl (C=O) groups excluding carboxylic acids is 2. The molecule has 0 N–H and O–H groups in total. The summed E-state index contributed by atoms with van der Waals surface area (Å²) in [6.45, 7) is 0.719. The van der Waals surface area contributed by atoms with Crippen molar-refractivity contribution in [3.05, 3.63) is 35.7 Å². The molecule has 6 nitrogen and oxygen atoms in total. The number of carbonyl (C=O) groups is 2. The molecule has 0 spiro atoms. The molecule has 1 aliphatic carbocycles. The predicted molar refractivity (Wildman–Crippen MR) is 89.4 cm³/mol. The zero-order valence-electron chi connectivity index (χ0n) is 13.1. The van der Waals surface area contributed by atoms with Gasteiger partial charge >= 0.3 is 0 Å². The van der Waals surface area contributed by atoms with Crippen molar-refractivity contribution in [1.82, 2.24) is 10.2 Å². The smallest absolute Gasteiger partial charge is 0.277 e. The topological polar surface area (TPSA) is 76.3 Å². The minimum atomic E-state index is -0.0142. The Morgan fingerprint density at radius 1 is 1.33 bits per heavy atom. The lowest BCUT2D eigenvalue weighted by molar-refractivity contribution is -0.117. The molecule has 0 atom stereocenters. The third-order valence-electron chi connectivity index (χ3n) is 4.23. The maximum atomic E-state index is 12.4. The first-order valence-corrected chi connectivity index (χ1v) is 9.09. The van der Waals surface area contributed by atoms with Gasteiger partial charge in [-0.2, -0.15) is 0 Å². The van der Waals surface area contributed by atoms with Gasteiger partial charge in [0.1, 0.15) is 0 Å². The first-order valence-electron chi connectivity index (χ1n) is 8.10.